The minimum absolute atomic E-state index is 0.286. The Morgan fingerprint density at radius 3 is 2.33 bits per heavy atom. The summed E-state index contributed by atoms with van der Waals surface area (Å²) in [6.07, 6.45) is 0. The number of hydrogen-bond donors (Lipinski definition) is 1. The molecule has 0 spiro atoms. The standard InChI is InChI=1S/C20H26FN5O/c1-14-7-6-8-19(26(5)22)18(14)13-27-20(25(3)4)24-23-15(2)16-9-11-17(21)12-10-16/h6-12H,13,22H2,1-5H3/b23-15?,24-20-. The first-order chi connectivity index (χ1) is 12.8. The molecule has 2 rings (SSSR count). The van der Waals surface area contributed by atoms with E-state index in [0.717, 1.165) is 22.4 Å². The fourth-order valence-corrected chi connectivity index (χ4v) is 2.46. The van der Waals surface area contributed by atoms with Gasteiger partial charge in [0, 0.05) is 26.7 Å². The van der Waals surface area contributed by atoms with Gasteiger partial charge in [-0.25, -0.2) is 10.2 Å². The van der Waals surface area contributed by atoms with Crippen molar-refractivity contribution in [2.75, 3.05) is 26.2 Å². The first-order valence-electron chi connectivity index (χ1n) is 8.54. The number of hydrogen-bond acceptors (Lipinski definition) is 5. The van der Waals surface area contributed by atoms with Gasteiger partial charge in [0.15, 0.2) is 0 Å². The molecule has 0 aliphatic carbocycles. The van der Waals surface area contributed by atoms with E-state index in [1.54, 1.807) is 29.1 Å². The molecule has 0 amide bonds. The van der Waals surface area contributed by atoms with Crippen molar-refractivity contribution in [3.05, 3.63) is 65.0 Å². The number of halogens is 1. The number of nitrogens with zero attached hydrogens (tertiary/aromatic N) is 4. The molecule has 2 aromatic carbocycles. The number of nitrogens with two attached hydrogens (primary N) is 1. The van der Waals surface area contributed by atoms with Crippen LogP contribution in [0, 0.1) is 12.7 Å². The van der Waals surface area contributed by atoms with Crippen molar-refractivity contribution in [3.63, 3.8) is 0 Å². The molecule has 2 N–H and O–H groups in total. The van der Waals surface area contributed by atoms with Crippen molar-refractivity contribution in [2.45, 2.75) is 20.5 Å². The lowest BCUT2D eigenvalue weighted by Gasteiger charge is -2.21. The average molecular weight is 371 g/mol. The van der Waals surface area contributed by atoms with Crippen LogP contribution in [0.1, 0.15) is 23.6 Å². The number of benzene rings is 2. The summed E-state index contributed by atoms with van der Waals surface area (Å²) in [6.45, 7) is 4.13. The molecule has 0 unspecified atom stereocenters. The van der Waals surface area contributed by atoms with E-state index in [1.165, 1.54) is 12.1 Å². The number of hydrazine groups is 1. The first-order valence-corrected chi connectivity index (χ1v) is 8.54. The maximum absolute atomic E-state index is 13.0. The largest absolute Gasteiger partial charge is 0.459 e. The molecule has 0 fully saturated rings. The van der Waals surface area contributed by atoms with E-state index in [0.29, 0.717) is 18.3 Å². The Bertz CT molecular complexity index is 829. The minimum atomic E-state index is -0.286. The molecule has 0 atom stereocenters. The smallest absolute Gasteiger partial charge is 0.311 e. The molecule has 144 valence electrons. The van der Waals surface area contributed by atoms with Gasteiger partial charge >= 0.3 is 6.02 Å². The zero-order valence-corrected chi connectivity index (χ0v) is 16.4. The van der Waals surface area contributed by atoms with Gasteiger partial charge in [-0.3, -0.25) is 0 Å². The summed E-state index contributed by atoms with van der Waals surface area (Å²) < 4.78 is 18.9. The lowest BCUT2D eigenvalue weighted by atomic mass is 10.1. The molecule has 0 bridgehead atoms. The van der Waals surface area contributed by atoms with Crippen LogP contribution in [0.4, 0.5) is 10.1 Å². The van der Waals surface area contributed by atoms with E-state index in [9.17, 15) is 4.39 Å². The third kappa shape index (κ3) is 5.52. The lowest BCUT2D eigenvalue weighted by molar-refractivity contribution is 0.244. The Labute approximate surface area is 159 Å². The van der Waals surface area contributed by atoms with Gasteiger partial charge in [-0.05, 0) is 43.2 Å². The van der Waals surface area contributed by atoms with Crippen LogP contribution in [-0.4, -0.2) is 37.8 Å². The summed E-state index contributed by atoms with van der Waals surface area (Å²) >= 11 is 0. The number of anilines is 1. The van der Waals surface area contributed by atoms with Crippen molar-refractivity contribution < 1.29 is 9.13 Å². The molecule has 0 saturated carbocycles. The second kappa shape index (κ2) is 9.14. The van der Waals surface area contributed by atoms with Crippen LogP contribution in [0.5, 0.6) is 0 Å². The van der Waals surface area contributed by atoms with E-state index in [1.807, 2.05) is 46.1 Å². The van der Waals surface area contributed by atoms with Crippen molar-refractivity contribution in [3.8, 4) is 0 Å². The average Bonchev–Trinajstić information content (AvgIpc) is 2.62. The molecule has 0 heterocycles. The van der Waals surface area contributed by atoms with Gasteiger partial charge in [-0.2, -0.15) is 5.10 Å². The number of rotatable bonds is 5. The Kier molecular flexibility index (Phi) is 6.90. The van der Waals surface area contributed by atoms with Gasteiger partial charge in [0.2, 0.25) is 0 Å². The summed E-state index contributed by atoms with van der Waals surface area (Å²) in [5.41, 5.74) is 4.41. The predicted molar refractivity (Wildman–Crippen MR) is 108 cm³/mol. The normalized spacial score (nSPS) is 12.1. The first kappa shape index (κ1) is 20.4. The molecular formula is C20H26FN5O. The highest BCUT2D eigenvalue weighted by atomic mass is 19.1. The van der Waals surface area contributed by atoms with Crippen LogP contribution in [0.15, 0.2) is 52.7 Å². The Morgan fingerprint density at radius 1 is 1.07 bits per heavy atom. The molecule has 0 aromatic heterocycles. The molecular weight excluding hydrogens is 345 g/mol. The molecule has 0 aliphatic heterocycles. The van der Waals surface area contributed by atoms with E-state index in [-0.39, 0.29) is 5.82 Å². The van der Waals surface area contributed by atoms with Crippen LogP contribution in [0.2, 0.25) is 0 Å². The minimum Gasteiger partial charge on any atom is -0.459 e. The summed E-state index contributed by atoms with van der Waals surface area (Å²) in [5, 5.41) is 9.99. The fourth-order valence-electron chi connectivity index (χ4n) is 2.46. The molecule has 7 heteroatoms. The van der Waals surface area contributed by atoms with Crippen LogP contribution >= 0.6 is 0 Å². The second-order valence-electron chi connectivity index (χ2n) is 6.44. The van der Waals surface area contributed by atoms with Gasteiger partial charge in [-0.1, -0.05) is 29.4 Å². The second-order valence-corrected chi connectivity index (χ2v) is 6.44. The van der Waals surface area contributed by atoms with Gasteiger partial charge in [0.05, 0.1) is 11.4 Å². The van der Waals surface area contributed by atoms with E-state index < -0.39 is 0 Å². The number of aryl methyl sites for hydroxylation is 1. The Balaban J connectivity index is 2.20. The zero-order valence-electron chi connectivity index (χ0n) is 16.4. The van der Waals surface area contributed by atoms with E-state index in [4.69, 9.17) is 10.6 Å². The van der Waals surface area contributed by atoms with Crippen molar-refractivity contribution in [2.24, 2.45) is 16.0 Å². The molecule has 0 saturated heterocycles. The van der Waals surface area contributed by atoms with Crippen molar-refractivity contribution in [1.82, 2.24) is 4.90 Å². The predicted octanol–water partition coefficient (Wildman–Crippen LogP) is 3.30. The highest BCUT2D eigenvalue weighted by Gasteiger charge is 2.11. The monoisotopic (exact) mass is 371 g/mol. The molecule has 2 aromatic rings. The van der Waals surface area contributed by atoms with E-state index >= 15 is 0 Å². The van der Waals surface area contributed by atoms with Gasteiger partial charge < -0.3 is 14.6 Å². The summed E-state index contributed by atoms with van der Waals surface area (Å²) in [5.74, 6) is 5.63. The lowest BCUT2D eigenvalue weighted by Crippen LogP contribution is -2.28. The number of amidine groups is 1. The SMILES string of the molecule is CC(=N/N=C(\OCc1c(C)cccc1N(C)N)N(C)C)c1ccc(F)cc1. The third-order valence-electron chi connectivity index (χ3n) is 4.04. The maximum Gasteiger partial charge on any atom is 0.311 e. The van der Waals surface area contributed by atoms with Gasteiger partial charge in [0.1, 0.15) is 12.4 Å². The van der Waals surface area contributed by atoms with Crippen LogP contribution in [-0.2, 0) is 11.3 Å². The van der Waals surface area contributed by atoms with E-state index in [2.05, 4.69) is 10.2 Å². The summed E-state index contributed by atoms with van der Waals surface area (Å²) in [7, 11) is 5.44. The molecule has 6 nitrogen and oxygen atoms in total. The van der Waals surface area contributed by atoms with Gasteiger partial charge in [-0.15, -0.1) is 0 Å². The van der Waals surface area contributed by atoms with Crippen LogP contribution < -0.4 is 10.9 Å². The van der Waals surface area contributed by atoms with Crippen molar-refractivity contribution in [1.29, 1.82) is 0 Å². The van der Waals surface area contributed by atoms with Crippen LogP contribution in [0.3, 0.4) is 0 Å². The zero-order chi connectivity index (χ0) is 20.0. The van der Waals surface area contributed by atoms with Crippen LogP contribution in [0.25, 0.3) is 0 Å². The quantitative estimate of drug-likeness (QED) is 0.379. The molecule has 0 radical (unpaired) electrons. The van der Waals surface area contributed by atoms with Crippen molar-refractivity contribution >= 4 is 17.4 Å². The Morgan fingerprint density at radius 2 is 1.74 bits per heavy atom. The Hall–Kier alpha value is -2.93. The third-order valence-corrected chi connectivity index (χ3v) is 4.04. The topological polar surface area (TPSA) is 66.5 Å². The molecule has 27 heavy (non-hydrogen) atoms. The number of ether oxygens (including phenoxy) is 1. The van der Waals surface area contributed by atoms with Gasteiger partial charge in [0.25, 0.3) is 0 Å². The highest BCUT2D eigenvalue weighted by Crippen LogP contribution is 2.22. The highest BCUT2D eigenvalue weighted by molar-refractivity contribution is 5.98. The maximum atomic E-state index is 13.0. The fraction of sp³-hybridized carbons (Fsp3) is 0.300. The molecule has 0 aliphatic rings. The summed E-state index contributed by atoms with van der Waals surface area (Å²) in [6, 6.07) is 12.4. The summed E-state index contributed by atoms with van der Waals surface area (Å²) in [4.78, 5) is 1.74.